The van der Waals surface area contributed by atoms with E-state index < -0.39 is 0 Å². The summed E-state index contributed by atoms with van der Waals surface area (Å²) in [5, 5.41) is 0. The van der Waals surface area contributed by atoms with Crippen LogP contribution in [0.2, 0.25) is 0 Å². The van der Waals surface area contributed by atoms with Crippen LogP contribution in [0.3, 0.4) is 0 Å². The Bertz CT molecular complexity index is 1020. The molecule has 0 fully saturated rings. The quantitative estimate of drug-likeness (QED) is 0.176. The third kappa shape index (κ3) is 19.4. The molecule has 2 aromatic carbocycles. The third-order valence-electron chi connectivity index (χ3n) is 5.92. The van der Waals surface area contributed by atoms with Crippen LogP contribution in [0.1, 0.15) is 78.4 Å². The minimum absolute atomic E-state index is 0.176. The monoisotopic (exact) mass is 544 g/mol. The second kappa shape index (κ2) is 21.2. The highest BCUT2D eigenvalue weighted by molar-refractivity contribution is 5.73. The highest BCUT2D eigenvalue weighted by Gasteiger charge is 2.04. The Morgan fingerprint density at radius 3 is 1.23 bits per heavy atom. The predicted molar refractivity (Wildman–Crippen MR) is 167 cm³/mol. The minimum atomic E-state index is -0.176. The van der Waals surface area contributed by atoms with Crippen LogP contribution in [0.4, 0.5) is 0 Å². The molecule has 216 valence electrons. The van der Waals surface area contributed by atoms with Crippen LogP contribution in [0.15, 0.2) is 107 Å². The Hall–Kier alpha value is -3.66. The molecule has 0 saturated carbocycles. The van der Waals surface area contributed by atoms with Crippen molar-refractivity contribution in [3.8, 4) is 0 Å². The van der Waals surface area contributed by atoms with Crippen molar-refractivity contribution in [1.29, 1.82) is 0 Å². The molecule has 2 rings (SSSR count). The van der Waals surface area contributed by atoms with E-state index >= 15 is 0 Å². The molecule has 0 saturated heterocycles. The van der Waals surface area contributed by atoms with Gasteiger partial charge >= 0.3 is 11.9 Å². The lowest BCUT2D eigenvalue weighted by Gasteiger charge is -2.03. The zero-order chi connectivity index (χ0) is 29.6. The van der Waals surface area contributed by atoms with Crippen molar-refractivity contribution in [2.75, 3.05) is 13.2 Å². The van der Waals surface area contributed by atoms with E-state index in [1.165, 1.54) is 22.3 Å². The predicted octanol–water partition coefficient (Wildman–Crippen LogP) is 8.93. The van der Waals surface area contributed by atoms with Crippen molar-refractivity contribution in [3.05, 3.63) is 118 Å². The van der Waals surface area contributed by atoms with Crippen LogP contribution in [-0.4, -0.2) is 25.2 Å². The van der Waals surface area contributed by atoms with Gasteiger partial charge in [0.1, 0.15) is 13.2 Å². The SMILES string of the molecule is CC(C)=CCC/C(C)=C/COC(=O)Cc1ccccc1.CC(C)=CCC/C(C)=C/COC(=O)Cc1ccccc1. The average Bonchev–Trinajstić information content (AvgIpc) is 2.90. The number of hydrogen-bond acceptors (Lipinski definition) is 4. The van der Waals surface area contributed by atoms with Gasteiger partial charge in [-0.25, -0.2) is 0 Å². The molecule has 0 atom stereocenters. The van der Waals surface area contributed by atoms with Gasteiger partial charge in [-0.2, -0.15) is 0 Å². The van der Waals surface area contributed by atoms with Gasteiger partial charge in [0.2, 0.25) is 0 Å². The second-order valence-electron chi connectivity index (χ2n) is 10.4. The van der Waals surface area contributed by atoms with Crippen molar-refractivity contribution in [2.24, 2.45) is 0 Å². The van der Waals surface area contributed by atoms with E-state index in [1.54, 1.807) is 0 Å². The van der Waals surface area contributed by atoms with Gasteiger partial charge < -0.3 is 9.47 Å². The summed E-state index contributed by atoms with van der Waals surface area (Å²) in [5.41, 5.74) is 7.17. The fourth-order valence-corrected chi connectivity index (χ4v) is 3.56. The van der Waals surface area contributed by atoms with Crippen LogP contribution in [-0.2, 0) is 31.9 Å². The molecule has 0 radical (unpaired) electrons. The van der Waals surface area contributed by atoms with Crippen LogP contribution in [0.25, 0.3) is 0 Å². The number of rotatable bonds is 14. The molecule has 4 nitrogen and oxygen atoms in total. The fourth-order valence-electron chi connectivity index (χ4n) is 3.56. The first kappa shape index (κ1) is 34.4. The molecular formula is C36H48O4. The highest BCUT2D eigenvalue weighted by Crippen LogP contribution is 2.08. The summed E-state index contributed by atoms with van der Waals surface area (Å²) in [6.07, 6.45) is 13.2. The standard InChI is InChI=1S/2C18H24O2/c2*1-15(2)8-7-9-16(3)12-13-20-18(19)14-17-10-5-4-6-11-17/h2*4-6,8,10-12H,7,9,13-14H2,1-3H3/b2*16-12+. The van der Waals surface area contributed by atoms with E-state index in [1.807, 2.05) is 72.8 Å². The van der Waals surface area contributed by atoms with Gasteiger partial charge in [-0.15, -0.1) is 0 Å². The lowest BCUT2D eigenvalue weighted by atomic mass is 10.1. The molecule has 0 aliphatic carbocycles. The minimum Gasteiger partial charge on any atom is -0.461 e. The van der Waals surface area contributed by atoms with Gasteiger partial charge in [-0.05, 0) is 90.5 Å². The molecule has 0 N–H and O–H groups in total. The van der Waals surface area contributed by atoms with E-state index in [0.29, 0.717) is 26.1 Å². The maximum atomic E-state index is 11.6. The largest absolute Gasteiger partial charge is 0.461 e. The van der Waals surface area contributed by atoms with E-state index in [0.717, 1.165) is 36.8 Å². The highest BCUT2D eigenvalue weighted by atomic mass is 16.5. The Kier molecular flexibility index (Phi) is 18.2. The topological polar surface area (TPSA) is 52.6 Å². The zero-order valence-corrected chi connectivity index (χ0v) is 25.4. The van der Waals surface area contributed by atoms with E-state index in [9.17, 15) is 9.59 Å². The van der Waals surface area contributed by atoms with Gasteiger partial charge in [0.05, 0.1) is 12.8 Å². The normalized spacial score (nSPS) is 11.1. The van der Waals surface area contributed by atoms with Crippen molar-refractivity contribution in [3.63, 3.8) is 0 Å². The first-order chi connectivity index (χ1) is 19.2. The van der Waals surface area contributed by atoms with Gasteiger partial charge in [-0.3, -0.25) is 9.59 Å². The van der Waals surface area contributed by atoms with Crippen LogP contribution in [0.5, 0.6) is 0 Å². The molecule has 4 heteroatoms. The van der Waals surface area contributed by atoms with Crippen LogP contribution >= 0.6 is 0 Å². The Morgan fingerprint density at radius 2 is 0.900 bits per heavy atom. The number of benzene rings is 2. The number of allylic oxidation sites excluding steroid dienone is 6. The lowest BCUT2D eigenvalue weighted by molar-refractivity contribution is -0.142. The molecule has 0 unspecified atom stereocenters. The Labute approximate surface area is 242 Å². The molecular weight excluding hydrogens is 496 g/mol. The van der Waals surface area contributed by atoms with Crippen molar-refractivity contribution in [1.82, 2.24) is 0 Å². The van der Waals surface area contributed by atoms with E-state index in [4.69, 9.17) is 9.47 Å². The van der Waals surface area contributed by atoms with Gasteiger partial charge in [-0.1, -0.05) is 95.1 Å². The number of hydrogen-bond donors (Lipinski definition) is 0. The Balaban J connectivity index is 0.000000400. The summed E-state index contributed by atoms with van der Waals surface area (Å²) in [4.78, 5) is 23.3. The molecule has 0 bridgehead atoms. The molecule has 2 aromatic rings. The first-order valence-corrected chi connectivity index (χ1v) is 14.1. The summed E-state index contributed by atoms with van der Waals surface area (Å²) >= 11 is 0. The summed E-state index contributed by atoms with van der Waals surface area (Å²) in [6, 6.07) is 19.3. The molecule has 0 aliphatic rings. The maximum Gasteiger partial charge on any atom is 0.310 e. The number of carbonyl (C=O) groups is 2. The molecule has 0 aromatic heterocycles. The van der Waals surface area contributed by atoms with Crippen LogP contribution < -0.4 is 0 Å². The molecule has 0 heterocycles. The Morgan fingerprint density at radius 1 is 0.550 bits per heavy atom. The number of ether oxygens (including phenoxy) is 2. The molecule has 0 spiro atoms. The van der Waals surface area contributed by atoms with Gasteiger partial charge in [0, 0.05) is 0 Å². The molecule has 0 amide bonds. The van der Waals surface area contributed by atoms with E-state index in [-0.39, 0.29) is 11.9 Å². The fraction of sp³-hybridized carbons (Fsp3) is 0.389. The number of carbonyl (C=O) groups excluding carboxylic acids is 2. The maximum absolute atomic E-state index is 11.6. The average molecular weight is 545 g/mol. The van der Waals surface area contributed by atoms with Gasteiger partial charge in [0.25, 0.3) is 0 Å². The van der Waals surface area contributed by atoms with Crippen molar-refractivity contribution >= 4 is 11.9 Å². The lowest BCUT2D eigenvalue weighted by Crippen LogP contribution is -2.08. The summed E-state index contributed by atoms with van der Waals surface area (Å²) in [7, 11) is 0. The van der Waals surface area contributed by atoms with Crippen molar-refractivity contribution in [2.45, 2.75) is 80.1 Å². The molecule has 40 heavy (non-hydrogen) atoms. The van der Waals surface area contributed by atoms with Crippen molar-refractivity contribution < 1.29 is 19.1 Å². The second-order valence-corrected chi connectivity index (χ2v) is 10.4. The summed E-state index contributed by atoms with van der Waals surface area (Å²) in [6.45, 7) is 13.3. The van der Waals surface area contributed by atoms with Crippen LogP contribution in [0, 0.1) is 0 Å². The third-order valence-corrected chi connectivity index (χ3v) is 5.92. The molecule has 0 aliphatic heterocycles. The summed E-state index contributed by atoms with van der Waals surface area (Å²) in [5.74, 6) is -0.353. The first-order valence-electron chi connectivity index (χ1n) is 14.1. The summed E-state index contributed by atoms with van der Waals surface area (Å²) < 4.78 is 10.4. The number of esters is 2. The van der Waals surface area contributed by atoms with Gasteiger partial charge in [0.15, 0.2) is 0 Å². The smallest absolute Gasteiger partial charge is 0.310 e. The van der Waals surface area contributed by atoms with E-state index in [2.05, 4.69) is 53.7 Å². The zero-order valence-electron chi connectivity index (χ0n) is 25.4.